The molecular formula is C11H13ClN2O. The lowest BCUT2D eigenvalue weighted by Crippen LogP contribution is -2.27. The van der Waals surface area contributed by atoms with E-state index in [4.69, 9.17) is 11.6 Å². The Balaban J connectivity index is 2.48. The van der Waals surface area contributed by atoms with Gasteiger partial charge >= 0.3 is 0 Å². The second-order valence-electron chi connectivity index (χ2n) is 3.69. The van der Waals surface area contributed by atoms with Gasteiger partial charge in [-0.15, -0.1) is 0 Å². The van der Waals surface area contributed by atoms with E-state index in [1.807, 2.05) is 26.0 Å². The number of rotatable bonds is 2. The number of hydrogen-bond donors (Lipinski definition) is 2. The molecule has 0 saturated carbocycles. The van der Waals surface area contributed by atoms with Crippen LogP contribution < -0.4 is 10.6 Å². The van der Waals surface area contributed by atoms with Gasteiger partial charge in [0.15, 0.2) is 0 Å². The molecule has 1 atom stereocenters. The van der Waals surface area contributed by atoms with Crippen LogP contribution in [0.4, 0.5) is 5.69 Å². The molecule has 80 valence electrons. The van der Waals surface area contributed by atoms with E-state index in [2.05, 4.69) is 10.6 Å². The summed E-state index contributed by atoms with van der Waals surface area (Å²) in [6.07, 6.45) is 0. The first-order valence-electron chi connectivity index (χ1n) is 4.97. The number of anilines is 1. The standard InChI is InChI=1S/C11H13ClN2O/c1-3-13-10-7-4-6(2)5-8(12)9(7)14-11(10)15/h4-5,10,13H,3H2,1-2H3,(H,14,15). The molecule has 0 spiro atoms. The number of halogens is 1. The molecule has 1 heterocycles. The van der Waals surface area contributed by atoms with Crippen molar-refractivity contribution < 1.29 is 4.79 Å². The third-order valence-electron chi connectivity index (χ3n) is 2.49. The van der Waals surface area contributed by atoms with Gasteiger partial charge in [-0.3, -0.25) is 4.79 Å². The number of fused-ring (bicyclic) bond motifs is 1. The van der Waals surface area contributed by atoms with Crippen LogP contribution in [0.5, 0.6) is 0 Å². The van der Waals surface area contributed by atoms with Gasteiger partial charge in [0.1, 0.15) is 6.04 Å². The highest BCUT2D eigenvalue weighted by Gasteiger charge is 2.31. The molecule has 2 rings (SSSR count). The highest BCUT2D eigenvalue weighted by molar-refractivity contribution is 6.34. The van der Waals surface area contributed by atoms with Gasteiger partial charge in [-0.05, 0) is 25.1 Å². The maximum atomic E-state index is 11.7. The lowest BCUT2D eigenvalue weighted by molar-refractivity contribution is -0.117. The maximum absolute atomic E-state index is 11.7. The zero-order valence-electron chi connectivity index (χ0n) is 8.73. The van der Waals surface area contributed by atoms with Crippen LogP contribution in [0.2, 0.25) is 5.02 Å². The maximum Gasteiger partial charge on any atom is 0.246 e. The summed E-state index contributed by atoms with van der Waals surface area (Å²) in [5.74, 6) is -0.0284. The second-order valence-corrected chi connectivity index (χ2v) is 4.10. The minimum absolute atomic E-state index is 0.0284. The van der Waals surface area contributed by atoms with Gasteiger partial charge in [0.05, 0.1) is 10.7 Å². The molecule has 4 heteroatoms. The van der Waals surface area contributed by atoms with E-state index >= 15 is 0 Å². The minimum atomic E-state index is -0.262. The molecule has 1 aliphatic heterocycles. The average Bonchev–Trinajstić information content (AvgIpc) is 2.46. The monoisotopic (exact) mass is 224 g/mol. The minimum Gasteiger partial charge on any atom is -0.323 e. The number of aryl methyl sites for hydroxylation is 1. The molecule has 2 N–H and O–H groups in total. The van der Waals surface area contributed by atoms with Gasteiger partial charge in [-0.25, -0.2) is 0 Å². The number of carbonyl (C=O) groups excluding carboxylic acids is 1. The Bertz CT molecular complexity index is 417. The Morgan fingerprint density at radius 1 is 1.53 bits per heavy atom. The van der Waals surface area contributed by atoms with E-state index in [1.165, 1.54) is 0 Å². The fourth-order valence-corrected chi connectivity index (χ4v) is 2.20. The number of benzene rings is 1. The zero-order chi connectivity index (χ0) is 11.0. The van der Waals surface area contributed by atoms with Crippen LogP contribution in [-0.4, -0.2) is 12.5 Å². The smallest absolute Gasteiger partial charge is 0.246 e. The van der Waals surface area contributed by atoms with E-state index in [1.54, 1.807) is 0 Å². The summed E-state index contributed by atoms with van der Waals surface area (Å²) in [5.41, 5.74) is 2.77. The van der Waals surface area contributed by atoms with Crippen molar-refractivity contribution in [1.29, 1.82) is 0 Å². The van der Waals surface area contributed by atoms with Gasteiger partial charge in [-0.1, -0.05) is 24.6 Å². The molecule has 0 aliphatic carbocycles. The molecule has 0 bridgehead atoms. The van der Waals surface area contributed by atoms with Gasteiger partial charge < -0.3 is 10.6 Å². The third-order valence-corrected chi connectivity index (χ3v) is 2.79. The van der Waals surface area contributed by atoms with Crippen LogP contribution >= 0.6 is 11.6 Å². The van der Waals surface area contributed by atoms with E-state index in [9.17, 15) is 4.79 Å². The second kappa shape index (κ2) is 3.83. The lowest BCUT2D eigenvalue weighted by atomic mass is 10.1. The normalized spacial score (nSPS) is 18.9. The third kappa shape index (κ3) is 1.73. The Morgan fingerprint density at radius 3 is 2.93 bits per heavy atom. The highest BCUT2D eigenvalue weighted by Crippen LogP contribution is 2.37. The van der Waals surface area contributed by atoms with Crippen molar-refractivity contribution in [2.24, 2.45) is 0 Å². The van der Waals surface area contributed by atoms with Crippen LogP contribution in [0, 0.1) is 6.92 Å². The average molecular weight is 225 g/mol. The van der Waals surface area contributed by atoms with Crippen molar-refractivity contribution in [3.05, 3.63) is 28.3 Å². The summed E-state index contributed by atoms with van der Waals surface area (Å²) in [4.78, 5) is 11.7. The Hall–Kier alpha value is -1.06. The van der Waals surface area contributed by atoms with Crippen molar-refractivity contribution in [3.63, 3.8) is 0 Å². The lowest BCUT2D eigenvalue weighted by Gasteiger charge is -2.09. The molecule has 1 aromatic carbocycles. The van der Waals surface area contributed by atoms with Gasteiger partial charge in [-0.2, -0.15) is 0 Å². The van der Waals surface area contributed by atoms with Crippen LogP contribution in [0.3, 0.4) is 0 Å². The van der Waals surface area contributed by atoms with E-state index in [0.717, 1.165) is 23.4 Å². The van der Waals surface area contributed by atoms with Gasteiger partial charge in [0, 0.05) is 5.56 Å². The first-order valence-corrected chi connectivity index (χ1v) is 5.35. The van der Waals surface area contributed by atoms with E-state index < -0.39 is 0 Å². The number of nitrogens with one attached hydrogen (secondary N) is 2. The summed E-state index contributed by atoms with van der Waals surface area (Å²) in [6.45, 7) is 4.70. The zero-order valence-corrected chi connectivity index (χ0v) is 9.48. The van der Waals surface area contributed by atoms with Crippen LogP contribution in [0.25, 0.3) is 0 Å². The number of carbonyl (C=O) groups is 1. The van der Waals surface area contributed by atoms with Crippen LogP contribution in [0.1, 0.15) is 24.1 Å². The highest BCUT2D eigenvalue weighted by atomic mass is 35.5. The summed E-state index contributed by atoms with van der Waals surface area (Å²) in [7, 11) is 0. The molecular weight excluding hydrogens is 212 g/mol. The van der Waals surface area contributed by atoms with Crippen LogP contribution in [0.15, 0.2) is 12.1 Å². The van der Waals surface area contributed by atoms with Gasteiger partial charge in [0.25, 0.3) is 0 Å². The predicted octanol–water partition coefficient (Wildman–Crippen LogP) is 2.25. The van der Waals surface area contributed by atoms with Crippen molar-refractivity contribution >= 4 is 23.2 Å². The molecule has 0 fully saturated rings. The summed E-state index contributed by atoms with van der Waals surface area (Å²) in [6, 6.07) is 3.59. The Kier molecular flexibility index (Phi) is 2.67. The largest absolute Gasteiger partial charge is 0.323 e. The molecule has 1 unspecified atom stereocenters. The SMILES string of the molecule is CCNC1C(=O)Nc2c(Cl)cc(C)cc21. The number of likely N-dealkylation sites (N-methyl/N-ethyl adjacent to an activating group) is 1. The van der Waals surface area contributed by atoms with Gasteiger partial charge in [0.2, 0.25) is 5.91 Å². The molecule has 15 heavy (non-hydrogen) atoms. The van der Waals surface area contributed by atoms with Crippen molar-refractivity contribution in [2.75, 3.05) is 11.9 Å². The van der Waals surface area contributed by atoms with Crippen molar-refractivity contribution in [1.82, 2.24) is 5.32 Å². The fourth-order valence-electron chi connectivity index (χ4n) is 1.87. The van der Waals surface area contributed by atoms with Crippen molar-refractivity contribution in [3.8, 4) is 0 Å². The summed E-state index contributed by atoms with van der Waals surface area (Å²) in [5, 5.41) is 6.54. The Labute approximate surface area is 93.8 Å². The molecule has 1 aliphatic rings. The van der Waals surface area contributed by atoms with E-state index in [-0.39, 0.29) is 11.9 Å². The van der Waals surface area contributed by atoms with Crippen molar-refractivity contribution in [2.45, 2.75) is 19.9 Å². The topological polar surface area (TPSA) is 41.1 Å². The molecule has 0 aromatic heterocycles. The molecule has 1 amide bonds. The number of hydrogen-bond acceptors (Lipinski definition) is 2. The van der Waals surface area contributed by atoms with Crippen LogP contribution in [-0.2, 0) is 4.79 Å². The number of amides is 1. The Morgan fingerprint density at radius 2 is 2.27 bits per heavy atom. The summed E-state index contributed by atoms with van der Waals surface area (Å²) >= 11 is 6.06. The van der Waals surface area contributed by atoms with E-state index in [0.29, 0.717) is 5.02 Å². The fraction of sp³-hybridized carbons (Fsp3) is 0.364. The summed E-state index contributed by atoms with van der Waals surface area (Å²) < 4.78 is 0. The molecule has 0 radical (unpaired) electrons. The predicted molar refractivity (Wildman–Crippen MR) is 61.2 cm³/mol. The quantitative estimate of drug-likeness (QED) is 0.809. The first kappa shape index (κ1) is 10.5. The first-order chi connectivity index (χ1) is 7.13. The molecule has 3 nitrogen and oxygen atoms in total. The molecule has 1 aromatic rings. The molecule has 0 saturated heterocycles.